The summed E-state index contributed by atoms with van der Waals surface area (Å²) in [5.74, 6) is 0.211. The Labute approximate surface area is 248 Å². The zero-order valence-electron chi connectivity index (χ0n) is 27.9. The van der Waals surface area contributed by atoms with Crippen LogP contribution in [0.4, 0.5) is 0 Å². The summed E-state index contributed by atoms with van der Waals surface area (Å²) < 4.78 is 21.0. The summed E-state index contributed by atoms with van der Waals surface area (Å²) in [6.45, 7) is 29.9. The van der Waals surface area contributed by atoms with Crippen molar-refractivity contribution in [2.75, 3.05) is 6.61 Å². The van der Waals surface area contributed by atoms with E-state index < -0.39 is 25.0 Å². The summed E-state index contributed by atoms with van der Waals surface area (Å²) in [4.78, 5) is 0. The van der Waals surface area contributed by atoms with Crippen LogP contribution in [-0.2, 0) is 13.3 Å². The van der Waals surface area contributed by atoms with Gasteiger partial charge in [-0.2, -0.15) is 0 Å². The van der Waals surface area contributed by atoms with Crippen LogP contribution in [-0.4, -0.2) is 43.8 Å². The Morgan fingerprint density at radius 1 is 0.667 bits per heavy atom. The van der Waals surface area contributed by atoms with Gasteiger partial charge in [0, 0.05) is 5.92 Å². The van der Waals surface area contributed by atoms with Gasteiger partial charge in [0.25, 0.3) is 0 Å². The molecular formula is C33H66O3Si3. The number of hydrogen-bond acceptors (Lipinski definition) is 3. The predicted molar refractivity (Wildman–Crippen MR) is 183 cm³/mol. The fourth-order valence-corrected chi connectivity index (χ4v) is 13.8. The van der Waals surface area contributed by atoms with Crippen molar-refractivity contribution in [3.05, 3.63) is 48.6 Å². The second-order valence-corrected chi connectivity index (χ2v) is 25.5. The highest BCUT2D eigenvalue weighted by Crippen LogP contribution is 2.32. The molecule has 3 nitrogen and oxygen atoms in total. The van der Waals surface area contributed by atoms with E-state index in [-0.39, 0.29) is 18.1 Å². The van der Waals surface area contributed by atoms with Crippen LogP contribution in [0.25, 0.3) is 0 Å². The fraction of sp³-hybridized carbons (Fsp3) is 0.758. The molecule has 0 aromatic heterocycles. The minimum absolute atomic E-state index is 0.0189. The lowest BCUT2D eigenvalue weighted by atomic mass is 9.96. The quantitative estimate of drug-likeness (QED) is 0.0669. The van der Waals surface area contributed by atoms with E-state index in [0.29, 0.717) is 6.61 Å². The summed E-state index contributed by atoms with van der Waals surface area (Å²) in [5.41, 5.74) is 1.26. The molecule has 6 heteroatoms. The first-order chi connectivity index (χ1) is 18.6. The molecule has 0 aliphatic carbocycles. The Balaban J connectivity index is 6.41. The van der Waals surface area contributed by atoms with Gasteiger partial charge in [-0.25, -0.2) is 0 Å². The van der Waals surface area contributed by atoms with Gasteiger partial charge in [0.1, 0.15) is 0 Å². The minimum Gasteiger partial charge on any atom is -0.413 e. The van der Waals surface area contributed by atoms with Gasteiger partial charge in [-0.3, -0.25) is 0 Å². The predicted octanol–water partition coefficient (Wildman–Crippen LogP) is 11.1. The molecule has 0 aliphatic rings. The lowest BCUT2D eigenvalue weighted by molar-refractivity contribution is 0.0868. The zero-order valence-corrected chi connectivity index (χ0v) is 30.9. The highest BCUT2D eigenvalue weighted by Gasteiger charge is 2.38. The highest BCUT2D eigenvalue weighted by atomic mass is 28.4. The molecule has 0 heterocycles. The summed E-state index contributed by atoms with van der Waals surface area (Å²) >= 11 is 0. The van der Waals surface area contributed by atoms with Crippen LogP contribution < -0.4 is 0 Å². The highest BCUT2D eigenvalue weighted by molar-refractivity contribution is 6.74. The summed E-state index contributed by atoms with van der Waals surface area (Å²) in [5, 5.41) is 0. The number of rotatable bonds is 23. The van der Waals surface area contributed by atoms with Gasteiger partial charge in [-0.1, -0.05) is 111 Å². The molecule has 0 aromatic rings. The largest absolute Gasteiger partial charge is 0.413 e. The molecule has 0 bridgehead atoms. The van der Waals surface area contributed by atoms with E-state index in [9.17, 15) is 0 Å². The Morgan fingerprint density at radius 2 is 1.08 bits per heavy atom. The maximum absolute atomic E-state index is 7.21. The maximum atomic E-state index is 7.21. The van der Waals surface area contributed by atoms with Crippen molar-refractivity contribution in [2.24, 2.45) is 5.92 Å². The fourth-order valence-electron chi connectivity index (χ4n) is 5.46. The number of hydrogen-bond donors (Lipinski definition) is 0. The Kier molecular flexibility index (Phi) is 20.1. The molecule has 0 spiro atoms. The zero-order chi connectivity index (χ0) is 30.0. The standard InChI is InChI=1S/C33H66O3Si3/c1-13-23-25-30(11)27-28-33(36-39(20-8,21-9)22-10)31(12)32(35-38(17-5,18-6)19-7)26-24-29-34-37(14-2,15-3)16-4/h13,24-28,31-33H,1,14-23,29H2,2-12H3/b26-24+,28-27+,30-25+/t31-,32+,33-/m0/s1. The molecule has 0 radical (unpaired) electrons. The number of allylic oxidation sites excluding steroid dienone is 4. The third-order valence-electron chi connectivity index (χ3n) is 9.57. The third-order valence-corrected chi connectivity index (χ3v) is 23.5. The first-order valence-electron chi connectivity index (χ1n) is 16.2. The summed E-state index contributed by atoms with van der Waals surface area (Å²) in [7, 11) is -5.26. The normalized spacial score (nSPS) is 16.2. The van der Waals surface area contributed by atoms with Crippen molar-refractivity contribution < 1.29 is 13.3 Å². The van der Waals surface area contributed by atoms with Gasteiger partial charge in [-0.15, -0.1) is 6.58 Å². The van der Waals surface area contributed by atoms with Crippen molar-refractivity contribution in [1.29, 1.82) is 0 Å². The van der Waals surface area contributed by atoms with Crippen LogP contribution in [0.15, 0.2) is 48.6 Å². The monoisotopic (exact) mass is 594 g/mol. The average Bonchev–Trinajstić information content (AvgIpc) is 2.98. The Morgan fingerprint density at radius 3 is 1.46 bits per heavy atom. The van der Waals surface area contributed by atoms with Gasteiger partial charge in [0.2, 0.25) is 0 Å². The van der Waals surface area contributed by atoms with Crippen molar-refractivity contribution in [2.45, 2.75) is 149 Å². The summed E-state index contributed by atoms with van der Waals surface area (Å²) in [6, 6.07) is 10.4. The molecule has 3 atom stereocenters. The lowest BCUT2D eigenvalue weighted by Crippen LogP contribution is -2.47. The van der Waals surface area contributed by atoms with E-state index in [1.54, 1.807) is 0 Å². The molecule has 0 aliphatic heterocycles. The molecule has 228 valence electrons. The van der Waals surface area contributed by atoms with Crippen LogP contribution >= 0.6 is 0 Å². The second kappa shape index (κ2) is 20.4. The molecule has 0 saturated heterocycles. The van der Waals surface area contributed by atoms with E-state index in [1.807, 2.05) is 6.08 Å². The third kappa shape index (κ3) is 12.5. The molecule has 0 unspecified atom stereocenters. The molecule has 0 amide bonds. The molecule has 0 aromatic carbocycles. The van der Waals surface area contributed by atoms with E-state index in [2.05, 4.69) is 113 Å². The van der Waals surface area contributed by atoms with Crippen LogP contribution in [0, 0.1) is 5.92 Å². The summed E-state index contributed by atoms with van der Waals surface area (Å²) in [6.07, 6.45) is 14.3. The SMILES string of the molecule is C=CC/C=C(C)/C=C/[C@H](O[Si](CC)(CC)CC)[C@@H](C)[C@@H](/C=C/CO[Si](CC)(CC)CC)O[Si](CC)(CC)CC. The van der Waals surface area contributed by atoms with Gasteiger partial charge in [0.05, 0.1) is 18.8 Å². The van der Waals surface area contributed by atoms with Crippen molar-refractivity contribution in [3.8, 4) is 0 Å². The molecule has 39 heavy (non-hydrogen) atoms. The average molecular weight is 595 g/mol. The topological polar surface area (TPSA) is 27.7 Å². The maximum Gasteiger partial charge on any atom is 0.192 e. The molecular weight excluding hydrogens is 529 g/mol. The lowest BCUT2D eigenvalue weighted by Gasteiger charge is -2.40. The van der Waals surface area contributed by atoms with Gasteiger partial charge in [0.15, 0.2) is 25.0 Å². The van der Waals surface area contributed by atoms with E-state index in [4.69, 9.17) is 13.3 Å². The first kappa shape index (κ1) is 38.5. The van der Waals surface area contributed by atoms with Gasteiger partial charge in [-0.05, 0) is 67.7 Å². The van der Waals surface area contributed by atoms with Crippen molar-refractivity contribution in [1.82, 2.24) is 0 Å². The molecule has 0 rings (SSSR count). The first-order valence-corrected chi connectivity index (χ1v) is 23.8. The van der Waals surface area contributed by atoms with Gasteiger partial charge >= 0.3 is 0 Å². The Bertz CT molecular complexity index is 710. The van der Waals surface area contributed by atoms with Gasteiger partial charge < -0.3 is 13.3 Å². The Hall–Kier alpha value is -0.509. The smallest absolute Gasteiger partial charge is 0.192 e. The van der Waals surface area contributed by atoms with Crippen LogP contribution in [0.3, 0.4) is 0 Å². The molecule has 0 saturated carbocycles. The second-order valence-electron chi connectivity index (χ2n) is 11.3. The van der Waals surface area contributed by atoms with E-state index in [1.165, 1.54) is 23.7 Å². The van der Waals surface area contributed by atoms with Crippen molar-refractivity contribution >= 4 is 25.0 Å². The van der Waals surface area contributed by atoms with Crippen LogP contribution in [0.2, 0.25) is 54.4 Å². The molecule has 0 N–H and O–H groups in total. The van der Waals surface area contributed by atoms with E-state index >= 15 is 0 Å². The molecule has 0 fully saturated rings. The minimum atomic E-state index is -1.83. The van der Waals surface area contributed by atoms with Crippen LogP contribution in [0.1, 0.15) is 82.6 Å². The van der Waals surface area contributed by atoms with Crippen molar-refractivity contribution in [3.63, 3.8) is 0 Å². The van der Waals surface area contributed by atoms with E-state index in [0.717, 1.165) is 42.7 Å². The van der Waals surface area contributed by atoms with Crippen LogP contribution in [0.5, 0.6) is 0 Å².